The zero-order valence-electron chi connectivity index (χ0n) is 2.75. The van der Waals surface area contributed by atoms with Gasteiger partial charge in [-0.15, -0.1) is 0 Å². The van der Waals surface area contributed by atoms with Crippen LogP contribution >= 0.6 is 0 Å². The summed E-state index contributed by atoms with van der Waals surface area (Å²) in [4.78, 5) is 0. The van der Waals surface area contributed by atoms with Crippen molar-refractivity contribution in [2.45, 2.75) is 0 Å². The average Bonchev–Trinajstić information content (AvgIpc) is 0.722. The van der Waals surface area contributed by atoms with E-state index in [4.69, 9.17) is 15.9 Å². The van der Waals surface area contributed by atoms with E-state index in [-0.39, 0.29) is 48.9 Å². The predicted octanol–water partition coefficient (Wildman–Crippen LogP) is -3.00. The van der Waals surface area contributed by atoms with Crippen molar-refractivity contribution in [3.05, 3.63) is 0 Å². The van der Waals surface area contributed by atoms with E-state index >= 15 is 0 Å². The van der Waals surface area contributed by atoms with E-state index in [2.05, 4.69) is 0 Å². The van der Waals surface area contributed by atoms with Crippen LogP contribution in [0.4, 0.5) is 0 Å². The fourth-order valence-corrected chi connectivity index (χ4v) is 0. The Morgan fingerprint density at radius 3 is 1.17 bits per heavy atom. The third-order valence-electron chi connectivity index (χ3n) is 0. The topological polar surface area (TPSA) is 80.3 Å². The summed E-state index contributed by atoms with van der Waals surface area (Å²) in [5.41, 5.74) is 0. The fourth-order valence-electron chi connectivity index (χ4n) is 0. The van der Waals surface area contributed by atoms with Crippen molar-refractivity contribution in [1.82, 2.24) is 0 Å². The van der Waals surface area contributed by atoms with Crippen LogP contribution in [0.2, 0.25) is 0 Å². The summed E-state index contributed by atoms with van der Waals surface area (Å²) in [5, 5.41) is 0. The molecule has 0 aliphatic heterocycles. The maximum atomic E-state index is 8.59. The molecule has 0 bridgehead atoms. The summed E-state index contributed by atoms with van der Waals surface area (Å²) in [6, 6.07) is 0. The molecule has 4 nitrogen and oxygen atoms in total. The van der Waals surface area contributed by atoms with Gasteiger partial charge in [0.05, 0.1) is 0 Å². The van der Waals surface area contributed by atoms with Crippen molar-refractivity contribution in [3.8, 4) is 0 Å². The van der Waals surface area contributed by atoms with Gasteiger partial charge in [0.15, 0.2) is 0 Å². The van der Waals surface area contributed by atoms with Crippen LogP contribution in [0, 0.1) is 0 Å². The Kier molecular flexibility index (Phi) is 6.35. The van der Waals surface area contributed by atoms with Gasteiger partial charge in [0.25, 0.3) is 0 Å². The van der Waals surface area contributed by atoms with E-state index in [1.807, 2.05) is 0 Å². The summed E-state index contributed by atoms with van der Waals surface area (Å²) < 4.78 is 34.4. The molecule has 0 spiro atoms. The quantitative estimate of drug-likeness (QED) is 0.431. The molecule has 0 saturated heterocycles. The van der Waals surface area contributed by atoms with Crippen molar-refractivity contribution in [2.24, 2.45) is 0 Å². The van der Waals surface area contributed by atoms with Crippen LogP contribution in [0.25, 0.3) is 0 Å². The van der Waals surface area contributed by atoms with Gasteiger partial charge in [-0.2, -0.15) is 0 Å². The first-order valence-corrected chi connectivity index (χ1v) is 2.75. The molecule has 0 unspecified atom stereocenters. The van der Waals surface area contributed by atoms with Crippen LogP contribution in [0.5, 0.6) is 0 Å². The summed E-state index contributed by atoms with van der Waals surface area (Å²) in [6.45, 7) is 0. The number of hydrogen-bond donors (Lipinski definition) is 0. The van der Waals surface area contributed by atoms with Gasteiger partial charge in [-0.05, 0) is 0 Å². The van der Waals surface area contributed by atoms with E-state index in [0.29, 0.717) is 0 Å². The molecule has 6 heteroatoms. The van der Waals surface area contributed by atoms with Gasteiger partial charge in [-0.1, -0.05) is 0 Å². The van der Waals surface area contributed by atoms with Crippen molar-refractivity contribution in [2.75, 3.05) is 0 Å². The first-order chi connectivity index (χ1) is 2.00. The van der Waals surface area contributed by atoms with Gasteiger partial charge in [0.1, 0.15) is 0 Å². The summed E-state index contributed by atoms with van der Waals surface area (Å²) in [6.07, 6.45) is 0. The van der Waals surface area contributed by atoms with Crippen LogP contribution in [0.15, 0.2) is 0 Å². The minimum absolute atomic E-state index is 0. The summed E-state index contributed by atoms with van der Waals surface area (Å²) in [5.74, 6) is 0. The third kappa shape index (κ3) is 45.6. The molecular weight excluding hydrogens is 253 g/mol. The Bertz CT molecular complexity index is 90.7. The number of rotatable bonds is 0. The predicted molar refractivity (Wildman–Crippen MR) is 7.13 cm³/mol. The Balaban J connectivity index is 0. The van der Waals surface area contributed by atoms with Crippen molar-refractivity contribution in [1.29, 1.82) is 0 Å². The standard InChI is InChI=1S/Ba.Cr.4O/q+2;;;;2*-1. The van der Waals surface area contributed by atoms with Crippen LogP contribution in [-0.4, -0.2) is 48.9 Å². The van der Waals surface area contributed by atoms with Crippen molar-refractivity contribution < 1.29 is 29.5 Å². The summed E-state index contributed by atoms with van der Waals surface area (Å²) in [7, 11) is 0. The molecule has 6 heavy (non-hydrogen) atoms. The van der Waals surface area contributed by atoms with E-state index in [0.717, 1.165) is 0 Å². The molecule has 0 atom stereocenters. The van der Waals surface area contributed by atoms with E-state index in [9.17, 15) is 0 Å². The molecular formula is BaCrO4. The summed E-state index contributed by atoms with van der Waals surface area (Å²) >= 11 is -5.75. The van der Waals surface area contributed by atoms with Crippen LogP contribution < -0.4 is 8.32 Å². The van der Waals surface area contributed by atoms with E-state index in [1.54, 1.807) is 0 Å². The average molecular weight is 253 g/mol. The normalized spacial score (nSPS) is 9.67. The molecule has 0 amide bonds. The molecule has 0 aromatic rings. The molecule has 32 valence electrons. The molecule has 0 aliphatic rings. The maximum absolute atomic E-state index is 8.59. The molecule has 0 saturated carbocycles. The SMILES string of the molecule is [Ba+2].[O]=[Cr](=[O])([O-])[O-]. The molecule has 0 aromatic heterocycles. The zero-order valence-corrected chi connectivity index (χ0v) is 8.46. The van der Waals surface area contributed by atoms with Gasteiger partial charge < -0.3 is 0 Å². The van der Waals surface area contributed by atoms with Gasteiger partial charge in [-0.25, -0.2) is 0 Å². The molecule has 0 N–H and O–H groups in total. The minimum atomic E-state index is -5.75. The Morgan fingerprint density at radius 1 is 1.17 bits per heavy atom. The Hall–Kier alpha value is 1.62. The van der Waals surface area contributed by atoms with Gasteiger partial charge in [0.2, 0.25) is 0 Å². The molecule has 0 rings (SSSR count). The second-order valence-corrected chi connectivity index (χ2v) is 1.68. The fraction of sp³-hybridized carbons (Fsp3) is 0. The number of hydrogen-bond acceptors (Lipinski definition) is 4. The first-order valence-electron chi connectivity index (χ1n) is 0.667. The Labute approximate surface area is 77.0 Å². The first kappa shape index (κ1) is 10.6. The second-order valence-electron chi connectivity index (χ2n) is 0.408. The van der Waals surface area contributed by atoms with E-state index in [1.165, 1.54) is 0 Å². The van der Waals surface area contributed by atoms with Gasteiger partial charge in [-0.3, -0.25) is 0 Å². The van der Waals surface area contributed by atoms with E-state index < -0.39 is 13.6 Å². The van der Waals surface area contributed by atoms with Crippen molar-refractivity contribution in [3.63, 3.8) is 0 Å². The molecule has 0 fully saturated rings. The molecule has 0 aromatic carbocycles. The van der Waals surface area contributed by atoms with Crippen LogP contribution in [-0.2, 0) is 21.2 Å². The van der Waals surface area contributed by atoms with Crippen molar-refractivity contribution >= 4 is 48.9 Å². The second kappa shape index (κ2) is 3.60. The molecule has 0 radical (unpaired) electrons. The zero-order chi connectivity index (χ0) is 4.50. The van der Waals surface area contributed by atoms with Gasteiger partial charge >= 0.3 is 78.4 Å². The monoisotopic (exact) mass is 254 g/mol. The molecule has 0 aliphatic carbocycles. The van der Waals surface area contributed by atoms with Gasteiger partial charge in [0, 0.05) is 0 Å². The Morgan fingerprint density at radius 2 is 1.17 bits per heavy atom. The van der Waals surface area contributed by atoms with Crippen LogP contribution in [0.1, 0.15) is 0 Å². The third-order valence-corrected chi connectivity index (χ3v) is 0. The van der Waals surface area contributed by atoms with Crippen LogP contribution in [0.3, 0.4) is 0 Å². The molecule has 0 heterocycles.